The third-order valence-corrected chi connectivity index (χ3v) is 5.20. The number of nitrogens with zero attached hydrogens (tertiary/aromatic N) is 2. The Morgan fingerprint density at radius 3 is 2.86 bits per heavy atom. The van der Waals surface area contributed by atoms with Gasteiger partial charge in [0.25, 0.3) is 0 Å². The van der Waals surface area contributed by atoms with E-state index in [4.69, 9.17) is 10.2 Å². The summed E-state index contributed by atoms with van der Waals surface area (Å²) in [6.07, 6.45) is 5.63. The number of likely N-dealkylation sites (tertiary alicyclic amines) is 1. The lowest BCUT2D eigenvalue weighted by molar-refractivity contribution is 0.258. The van der Waals surface area contributed by atoms with E-state index in [-0.39, 0.29) is 0 Å². The molecule has 1 saturated heterocycles. The van der Waals surface area contributed by atoms with Crippen LogP contribution in [0.5, 0.6) is 0 Å². The molecule has 4 nitrogen and oxygen atoms in total. The number of oxazole rings is 1. The molecule has 2 heterocycles. The Balaban J connectivity index is 1.43. The van der Waals surface area contributed by atoms with Crippen molar-refractivity contribution in [3.8, 4) is 11.3 Å². The van der Waals surface area contributed by atoms with Gasteiger partial charge in [0.05, 0.1) is 12.7 Å². The molecule has 0 spiro atoms. The van der Waals surface area contributed by atoms with Crippen LogP contribution < -0.4 is 5.73 Å². The van der Waals surface area contributed by atoms with Crippen molar-refractivity contribution in [1.29, 1.82) is 0 Å². The van der Waals surface area contributed by atoms with Crippen molar-refractivity contribution >= 4 is 0 Å². The lowest BCUT2D eigenvalue weighted by atomic mass is 9.78. The van der Waals surface area contributed by atoms with Crippen LogP contribution in [0, 0.1) is 11.8 Å². The first kappa shape index (κ1) is 14.0. The highest BCUT2D eigenvalue weighted by atomic mass is 16.4. The summed E-state index contributed by atoms with van der Waals surface area (Å²) in [4.78, 5) is 6.91. The van der Waals surface area contributed by atoms with Gasteiger partial charge in [-0.25, -0.2) is 4.98 Å². The number of rotatable bonds is 3. The van der Waals surface area contributed by atoms with E-state index in [0.29, 0.717) is 12.0 Å². The molecule has 1 aromatic carbocycles. The average Bonchev–Trinajstić information content (AvgIpc) is 3.16. The number of fused-ring (bicyclic) bond motifs is 1. The molecule has 0 radical (unpaired) electrons. The molecule has 3 atom stereocenters. The van der Waals surface area contributed by atoms with Crippen molar-refractivity contribution in [2.24, 2.45) is 17.6 Å². The maximum atomic E-state index is 6.29. The summed E-state index contributed by atoms with van der Waals surface area (Å²) in [5.41, 5.74) is 7.37. The van der Waals surface area contributed by atoms with Crippen LogP contribution >= 0.6 is 0 Å². The van der Waals surface area contributed by atoms with Crippen LogP contribution in [0.15, 0.2) is 40.9 Å². The second-order valence-electron chi connectivity index (χ2n) is 6.70. The van der Waals surface area contributed by atoms with Crippen molar-refractivity contribution in [1.82, 2.24) is 9.88 Å². The normalized spacial score (nSPS) is 28.7. The summed E-state index contributed by atoms with van der Waals surface area (Å²) < 4.78 is 5.93. The summed E-state index contributed by atoms with van der Waals surface area (Å²) in [6.45, 7) is 3.03. The van der Waals surface area contributed by atoms with Crippen LogP contribution in [-0.2, 0) is 6.54 Å². The van der Waals surface area contributed by atoms with Gasteiger partial charge in [-0.15, -0.1) is 0 Å². The Kier molecular flexibility index (Phi) is 3.72. The predicted molar refractivity (Wildman–Crippen MR) is 86.0 cm³/mol. The Hall–Kier alpha value is -1.65. The summed E-state index contributed by atoms with van der Waals surface area (Å²) in [7, 11) is 0. The van der Waals surface area contributed by atoms with E-state index in [1.807, 2.05) is 36.5 Å². The summed E-state index contributed by atoms with van der Waals surface area (Å²) >= 11 is 0. The van der Waals surface area contributed by atoms with Gasteiger partial charge in [-0.2, -0.15) is 0 Å². The van der Waals surface area contributed by atoms with Gasteiger partial charge < -0.3 is 10.2 Å². The highest BCUT2D eigenvalue weighted by Crippen LogP contribution is 2.36. The fraction of sp³-hybridized carbons (Fsp3) is 0.500. The first-order chi connectivity index (χ1) is 10.8. The topological polar surface area (TPSA) is 55.3 Å². The van der Waals surface area contributed by atoms with E-state index < -0.39 is 0 Å². The molecular formula is C18H23N3O. The van der Waals surface area contributed by atoms with E-state index in [1.165, 1.54) is 19.3 Å². The van der Waals surface area contributed by atoms with Gasteiger partial charge in [0.2, 0.25) is 5.89 Å². The van der Waals surface area contributed by atoms with Crippen molar-refractivity contribution < 1.29 is 4.42 Å². The average molecular weight is 297 g/mol. The van der Waals surface area contributed by atoms with Gasteiger partial charge in [-0.05, 0) is 24.7 Å². The zero-order chi connectivity index (χ0) is 14.9. The minimum Gasteiger partial charge on any atom is -0.439 e. The van der Waals surface area contributed by atoms with Crippen LogP contribution in [0.25, 0.3) is 11.3 Å². The summed E-state index contributed by atoms with van der Waals surface area (Å²) in [5, 5.41) is 0. The summed E-state index contributed by atoms with van der Waals surface area (Å²) in [6, 6.07) is 10.5. The number of benzene rings is 1. The largest absolute Gasteiger partial charge is 0.439 e. The Morgan fingerprint density at radius 2 is 2.05 bits per heavy atom. The molecule has 2 aromatic rings. The van der Waals surface area contributed by atoms with Crippen LogP contribution in [0.4, 0.5) is 0 Å². The Bertz CT molecular complexity index is 624. The third kappa shape index (κ3) is 2.69. The van der Waals surface area contributed by atoms with Gasteiger partial charge in [0.15, 0.2) is 5.76 Å². The van der Waals surface area contributed by atoms with Gasteiger partial charge >= 0.3 is 0 Å². The summed E-state index contributed by atoms with van der Waals surface area (Å²) in [5.74, 6) is 3.10. The van der Waals surface area contributed by atoms with Crippen LogP contribution in [0.3, 0.4) is 0 Å². The molecule has 3 unspecified atom stereocenters. The first-order valence-electron chi connectivity index (χ1n) is 8.27. The lowest BCUT2D eigenvalue weighted by Crippen LogP contribution is -2.38. The number of aromatic nitrogens is 1. The van der Waals surface area contributed by atoms with Gasteiger partial charge in [0, 0.05) is 24.7 Å². The first-order valence-corrected chi connectivity index (χ1v) is 8.27. The molecular weight excluding hydrogens is 274 g/mol. The van der Waals surface area contributed by atoms with Crippen LogP contribution in [0.2, 0.25) is 0 Å². The van der Waals surface area contributed by atoms with Crippen molar-refractivity contribution in [2.75, 3.05) is 13.1 Å². The van der Waals surface area contributed by atoms with Crippen molar-refractivity contribution in [3.05, 3.63) is 42.4 Å². The zero-order valence-corrected chi connectivity index (χ0v) is 12.8. The highest BCUT2D eigenvalue weighted by molar-refractivity contribution is 5.55. The predicted octanol–water partition coefficient (Wildman–Crippen LogP) is 2.90. The van der Waals surface area contributed by atoms with E-state index in [9.17, 15) is 0 Å². The van der Waals surface area contributed by atoms with E-state index >= 15 is 0 Å². The van der Waals surface area contributed by atoms with Gasteiger partial charge in [0.1, 0.15) is 0 Å². The van der Waals surface area contributed by atoms with Crippen molar-refractivity contribution in [3.63, 3.8) is 0 Å². The van der Waals surface area contributed by atoms with Crippen molar-refractivity contribution in [2.45, 2.75) is 31.8 Å². The van der Waals surface area contributed by atoms with E-state index in [2.05, 4.69) is 9.88 Å². The molecule has 22 heavy (non-hydrogen) atoms. The minimum atomic E-state index is 0.383. The molecule has 0 amide bonds. The standard InChI is InChI=1S/C18H23N3O/c19-16-8-4-7-14-10-21(11-15(14)16)12-18-20-9-17(22-18)13-5-2-1-3-6-13/h1-3,5-6,9,14-16H,4,7-8,10-12,19H2. The molecule has 4 heteroatoms. The maximum Gasteiger partial charge on any atom is 0.209 e. The van der Waals surface area contributed by atoms with Crippen LogP contribution in [-0.4, -0.2) is 29.0 Å². The highest BCUT2D eigenvalue weighted by Gasteiger charge is 2.38. The van der Waals surface area contributed by atoms with Crippen LogP contribution in [0.1, 0.15) is 25.2 Å². The molecule has 4 rings (SSSR count). The molecule has 116 valence electrons. The second kappa shape index (κ2) is 5.86. The lowest BCUT2D eigenvalue weighted by Gasteiger charge is -2.29. The minimum absolute atomic E-state index is 0.383. The van der Waals surface area contributed by atoms with Gasteiger partial charge in [-0.1, -0.05) is 36.8 Å². The molecule has 2 fully saturated rings. The fourth-order valence-electron chi connectivity index (χ4n) is 4.05. The SMILES string of the molecule is NC1CCCC2CN(Cc3ncc(-c4ccccc4)o3)CC12. The van der Waals surface area contributed by atoms with Gasteiger partial charge in [-0.3, -0.25) is 4.90 Å². The quantitative estimate of drug-likeness (QED) is 0.946. The van der Waals surface area contributed by atoms with E-state index in [0.717, 1.165) is 42.8 Å². The molecule has 1 aliphatic heterocycles. The Morgan fingerprint density at radius 1 is 1.18 bits per heavy atom. The second-order valence-corrected chi connectivity index (χ2v) is 6.70. The molecule has 2 N–H and O–H groups in total. The molecule has 2 aliphatic rings. The monoisotopic (exact) mass is 297 g/mol. The molecule has 0 bridgehead atoms. The Labute approximate surface area is 131 Å². The molecule has 1 saturated carbocycles. The third-order valence-electron chi connectivity index (χ3n) is 5.20. The number of hydrogen-bond acceptors (Lipinski definition) is 4. The smallest absolute Gasteiger partial charge is 0.209 e. The van der Waals surface area contributed by atoms with E-state index in [1.54, 1.807) is 0 Å². The maximum absolute atomic E-state index is 6.29. The number of nitrogens with two attached hydrogens (primary N) is 1. The molecule has 1 aromatic heterocycles. The zero-order valence-electron chi connectivity index (χ0n) is 12.8. The molecule has 1 aliphatic carbocycles. The fourth-order valence-corrected chi connectivity index (χ4v) is 4.05. The number of hydrogen-bond donors (Lipinski definition) is 1.